The number of nitrogens with one attached hydrogen (secondary N) is 1. The monoisotopic (exact) mass is 478 g/mol. The first-order valence-electron chi connectivity index (χ1n) is 10.1. The number of amides is 1. The van der Waals surface area contributed by atoms with Gasteiger partial charge in [0.05, 0.1) is 17.1 Å². The first-order chi connectivity index (χ1) is 13.8. The molecule has 0 saturated heterocycles. The lowest BCUT2D eigenvalue weighted by Crippen LogP contribution is -2.32. The standard InChI is InChI=1S/C12H23NO4.C9H15NS3/c1-11(2,10(15)16)6-8-17-12(3,4)5-7-13-9-14;1-4-6-9(3,7-10)13-8(11)12-5-2/h9H,5-8H2,1-4H3,(H,13,14)(H,15,16);4-6H2,1-3H3. The Hall–Kier alpha value is -0.820. The molecule has 0 aliphatic heterocycles. The van der Waals surface area contributed by atoms with Gasteiger partial charge in [-0.25, -0.2) is 0 Å². The van der Waals surface area contributed by atoms with Gasteiger partial charge in [0.1, 0.15) is 8.28 Å². The number of rotatable bonds is 13. The number of carbonyl (C=O) groups is 2. The Kier molecular flexibility index (Phi) is 16.6. The summed E-state index contributed by atoms with van der Waals surface area (Å²) in [5.74, 6) is 0.168. The zero-order valence-electron chi connectivity index (χ0n) is 19.4. The second-order valence-electron chi connectivity index (χ2n) is 8.25. The van der Waals surface area contributed by atoms with Crippen LogP contribution >= 0.6 is 35.7 Å². The Balaban J connectivity index is 0. The molecule has 30 heavy (non-hydrogen) atoms. The van der Waals surface area contributed by atoms with Gasteiger partial charge in [-0.1, -0.05) is 44.2 Å². The molecule has 0 heterocycles. The summed E-state index contributed by atoms with van der Waals surface area (Å²) >= 11 is 8.33. The summed E-state index contributed by atoms with van der Waals surface area (Å²) in [5.41, 5.74) is -1.12. The van der Waals surface area contributed by atoms with Crippen LogP contribution in [0.1, 0.15) is 74.1 Å². The molecule has 2 N–H and O–H groups in total. The van der Waals surface area contributed by atoms with Crippen LogP contribution in [-0.4, -0.2) is 50.3 Å². The summed E-state index contributed by atoms with van der Waals surface area (Å²) in [7, 11) is 0. The summed E-state index contributed by atoms with van der Waals surface area (Å²) in [6.45, 7) is 14.3. The molecule has 0 rings (SSSR count). The second-order valence-corrected chi connectivity index (χ2v) is 12.2. The van der Waals surface area contributed by atoms with E-state index in [4.69, 9.17) is 27.3 Å². The van der Waals surface area contributed by atoms with E-state index in [2.05, 4.69) is 25.2 Å². The molecule has 0 aliphatic carbocycles. The molecule has 0 aliphatic rings. The fourth-order valence-corrected chi connectivity index (χ4v) is 5.13. The molecular formula is C21H38N2O4S3. The van der Waals surface area contributed by atoms with Gasteiger partial charge in [0, 0.05) is 13.2 Å². The van der Waals surface area contributed by atoms with Crippen molar-refractivity contribution in [2.24, 2.45) is 5.41 Å². The van der Waals surface area contributed by atoms with Crippen LogP contribution in [0.5, 0.6) is 0 Å². The lowest BCUT2D eigenvalue weighted by molar-refractivity contribution is -0.149. The zero-order valence-corrected chi connectivity index (χ0v) is 21.8. The first-order valence-corrected chi connectivity index (χ1v) is 12.3. The fraction of sp³-hybridized carbons (Fsp3) is 0.810. The Morgan fingerprint density at radius 2 is 1.80 bits per heavy atom. The van der Waals surface area contributed by atoms with Gasteiger partial charge < -0.3 is 15.2 Å². The summed E-state index contributed by atoms with van der Waals surface area (Å²) < 4.78 is 6.21. The number of carboxylic acid groups (broad SMARTS) is 1. The summed E-state index contributed by atoms with van der Waals surface area (Å²) in [5, 5.41) is 20.5. The molecule has 1 atom stereocenters. The predicted molar refractivity (Wildman–Crippen MR) is 132 cm³/mol. The smallest absolute Gasteiger partial charge is 0.309 e. The molecule has 9 heteroatoms. The van der Waals surface area contributed by atoms with E-state index in [9.17, 15) is 9.59 Å². The van der Waals surface area contributed by atoms with E-state index in [1.165, 1.54) is 11.8 Å². The van der Waals surface area contributed by atoms with E-state index in [0.717, 1.165) is 22.1 Å². The fourth-order valence-electron chi connectivity index (χ4n) is 2.13. The first kappa shape index (κ1) is 31.4. The summed E-state index contributed by atoms with van der Waals surface area (Å²) in [6, 6.07) is 2.33. The van der Waals surface area contributed by atoms with Crippen molar-refractivity contribution in [1.29, 1.82) is 5.26 Å². The Morgan fingerprint density at radius 3 is 2.23 bits per heavy atom. The number of hydrogen-bond acceptors (Lipinski definition) is 7. The average Bonchev–Trinajstić information content (AvgIpc) is 2.62. The number of nitriles is 1. The Bertz CT molecular complexity index is 577. The Morgan fingerprint density at radius 1 is 1.20 bits per heavy atom. The molecule has 0 radical (unpaired) electrons. The number of ether oxygens (including phenoxy) is 1. The number of hydrogen-bond donors (Lipinski definition) is 2. The van der Waals surface area contributed by atoms with Crippen molar-refractivity contribution < 1.29 is 19.4 Å². The highest BCUT2D eigenvalue weighted by Crippen LogP contribution is 2.34. The van der Waals surface area contributed by atoms with Gasteiger partial charge in [-0.3, -0.25) is 9.59 Å². The normalized spacial score (nSPS) is 13.3. The van der Waals surface area contributed by atoms with Gasteiger partial charge in [0.15, 0.2) is 0 Å². The summed E-state index contributed by atoms with van der Waals surface area (Å²) in [6.07, 6.45) is 3.74. The summed E-state index contributed by atoms with van der Waals surface area (Å²) in [4.78, 5) is 21.0. The lowest BCUT2D eigenvalue weighted by atomic mass is 9.90. The highest BCUT2D eigenvalue weighted by atomic mass is 32.2. The third-order valence-corrected chi connectivity index (χ3v) is 6.93. The quantitative estimate of drug-likeness (QED) is 0.210. The maximum Gasteiger partial charge on any atom is 0.309 e. The number of nitrogens with zero attached hydrogens (tertiary/aromatic N) is 1. The maximum atomic E-state index is 10.9. The third-order valence-electron chi connectivity index (χ3n) is 4.29. The van der Waals surface area contributed by atoms with Gasteiger partial charge in [0.2, 0.25) is 6.41 Å². The predicted octanol–water partition coefficient (Wildman–Crippen LogP) is 5.26. The average molecular weight is 479 g/mol. The SMILES string of the molecule is CC(C)(CCNC=O)OCCC(C)(C)C(=O)O.CCCC(C)(C#N)SC(=S)SCC. The molecular weight excluding hydrogens is 440 g/mol. The minimum Gasteiger partial charge on any atom is -0.481 e. The highest BCUT2D eigenvalue weighted by molar-refractivity contribution is 8.47. The number of thioether (sulfide) groups is 2. The topological polar surface area (TPSA) is 99.4 Å². The van der Waals surface area contributed by atoms with E-state index in [0.29, 0.717) is 32.4 Å². The van der Waals surface area contributed by atoms with Crippen LogP contribution in [0, 0.1) is 16.7 Å². The molecule has 174 valence electrons. The van der Waals surface area contributed by atoms with Crippen LogP contribution in [0.3, 0.4) is 0 Å². The van der Waals surface area contributed by atoms with Crippen molar-refractivity contribution in [3.8, 4) is 6.07 Å². The van der Waals surface area contributed by atoms with Crippen molar-refractivity contribution >= 4 is 51.6 Å². The van der Waals surface area contributed by atoms with Crippen molar-refractivity contribution in [3.05, 3.63) is 0 Å². The van der Waals surface area contributed by atoms with Crippen LogP contribution in [0.15, 0.2) is 0 Å². The van der Waals surface area contributed by atoms with E-state index in [-0.39, 0.29) is 10.3 Å². The van der Waals surface area contributed by atoms with Gasteiger partial charge in [-0.2, -0.15) is 5.26 Å². The molecule has 0 fully saturated rings. The van der Waals surface area contributed by atoms with Crippen LogP contribution in [0.2, 0.25) is 0 Å². The Labute approximate surface area is 196 Å². The maximum absolute atomic E-state index is 10.9. The van der Waals surface area contributed by atoms with Crippen LogP contribution in [0.25, 0.3) is 0 Å². The van der Waals surface area contributed by atoms with E-state index >= 15 is 0 Å². The molecule has 6 nitrogen and oxygen atoms in total. The zero-order chi connectivity index (χ0) is 23.8. The molecule has 0 bridgehead atoms. The molecule has 1 amide bonds. The van der Waals surface area contributed by atoms with E-state index in [1.54, 1.807) is 25.6 Å². The second kappa shape index (κ2) is 15.9. The third kappa shape index (κ3) is 15.9. The number of aliphatic carboxylic acids is 1. The minimum absolute atomic E-state index is 0.325. The van der Waals surface area contributed by atoms with Crippen molar-refractivity contribution in [1.82, 2.24) is 5.32 Å². The van der Waals surface area contributed by atoms with Gasteiger partial charge in [-0.05, 0) is 59.6 Å². The van der Waals surface area contributed by atoms with Crippen LogP contribution in [-0.2, 0) is 14.3 Å². The number of carbonyl (C=O) groups excluding carboxylic acids is 1. The van der Waals surface area contributed by atoms with Crippen LogP contribution < -0.4 is 5.32 Å². The van der Waals surface area contributed by atoms with Crippen molar-refractivity contribution in [3.63, 3.8) is 0 Å². The van der Waals surface area contributed by atoms with Crippen LogP contribution in [0.4, 0.5) is 0 Å². The largest absolute Gasteiger partial charge is 0.481 e. The molecule has 0 aromatic carbocycles. The molecule has 0 saturated carbocycles. The number of carboxylic acids is 1. The highest BCUT2D eigenvalue weighted by Gasteiger charge is 2.28. The molecule has 0 aromatic heterocycles. The lowest BCUT2D eigenvalue weighted by Gasteiger charge is -2.27. The molecule has 0 spiro atoms. The molecule has 0 aromatic rings. The van der Waals surface area contributed by atoms with E-state index in [1.807, 2.05) is 20.8 Å². The van der Waals surface area contributed by atoms with Gasteiger partial charge in [0.25, 0.3) is 0 Å². The minimum atomic E-state index is -0.818. The van der Waals surface area contributed by atoms with Gasteiger partial charge >= 0.3 is 5.97 Å². The van der Waals surface area contributed by atoms with E-state index < -0.39 is 11.4 Å². The van der Waals surface area contributed by atoms with Crippen molar-refractivity contribution in [2.75, 3.05) is 18.9 Å². The molecule has 1 unspecified atom stereocenters. The van der Waals surface area contributed by atoms with Gasteiger partial charge in [-0.15, -0.1) is 11.8 Å². The number of thiocarbonyl (C=S) groups is 1. The van der Waals surface area contributed by atoms with Crippen molar-refractivity contribution in [2.45, 2.75) is 84.5 Å².